The molecular formula is C15H14N4O2. The number of rotatable bonds is 3. The number of carbonyl (C=O) groups excluding carboxylic acids is 1. The molecule has 0 bridgehead atoms. The Morgan fingerprint density at radius 3 is 2.81 bits per heavy atom. The van der Waals surface area contributed by atoms with E-state index in [0.29, 0.717) is 11.4 Å². The van der Waals surface area contributed by atoms with Crippen molar-refractivity contribution in [2.75, 3.05) is 14.2 Å². The molecule has 1 N–H and O–H groups in total. The van der Waals surface area contributed by atoms with Crippen molar-refractivity contribution in [3.05, 3.63) is 48.3 Å². The van der Waals surface area contributed by atoms with Crippen molar-refractivity contribution < 1.29 is 9.53 Å². The van der Waals surface area contributed by atoms with Crippen LogP contribution in [0.15, 0.2) is 42.7 Å². The summed E-state index contributed by atoms with van der Waals surface area (Å²) in [6, 6.07) is 9.12. The van der Waals surface area contributed by atoms with E-state index < -0.39 is 0 Å². The minimum Gasteiger partial charge on any atom is -0.481 e. The van der Waals surface area contributed by atoms with Gasteiger partial charge in [-0.3, -0.25) is 4.79 Å². The van der Waals surface area contributed by atoms with Gasteiger partial charge in [0.1, 0.15) is 0 Å². The quantitative estimate of drug-likeness (QED) is 0.795. The van der Waals surface area contributed by atoms with Gasteiger partial charge in [-0.05, 0) is 24.3 Å². The zero-order chi connectivity index (χ0) is 14.8. The maximum absolute atomic E-state index is 11.6. The standard InChI is InChI=1S/C15H14N4O2/c1-16-15(20)10-5-6-19-12(7-10)8-13(18-19)11-3-4-14(21-2)17-9-11/h3-9H,1-2H3,(H,16,20). The highest BCUT2D eigenvalue weighted by Gasteiger charge is 2.08. The molecule has 3 rings (SSSR count). The van der Waals surface area contributed by atoms with Crippen molar-refractivity contribution in [2.24, 2.45) is 0 Å². The van der Waals surface area contributed by atoms with Gasteiger partial charge in [0.25, 0.3) is 5.91 Å². The molecule has 0 spiro atoms. The van der Waals surface area contributed by atoms with E-state index in [-0.39, 0.29) is 5.91 Å². The van der Waals surface area contributed by atoms with Crippen LogP contribution in [0.1, 0.15) is 10.4 Å². The zero-order valence-corrected chi connectivity index (χ0v) is 11.7. The third-order valence-corrected chi connectivity index (χ3v) is 3.19. The predicted molar refractivity (Wildman–Crippen MR) is 78.4 cm³/mol. The fourth-order valence-corrected chi connectivity index (χ4v) is 2.07. The number of hydrogen-bond acceptors (Lipinski definition) is 4. The lowest BCUT2D eigenvalue weighted by atomic mass is 10.2. The molecule has 0 saturated carbocycles. The van der Waals surface area contributed by atoms with Gasteiger partial charge in [-0.1, -0.05) is 0 Å². The SMILES string of the molecule is CNC(=O)c1ccn2nc(-c3ccc(OC)nc3)cc2c1. The molecule has 0 aliphatic rings. The molecule has 0 radical (unpaired) electrons. The minimum absolute atomic E-state index is 0.119. The van der Waals surface area contributed by atoms with Crippen LogP contribution in [0.25, 0.3) is 16.8 Å². The third kappa shape index (κ3) is 2.43. The summed E-state index contributed by atoms with van der Waals surface area (Å²) >= 11 is 0. The van der Waals surface area contributed by atoms with Crippen molar-refractivity contribution in [1.29, 1.82) is 0 Å². The van der Waals surface area contributed by atoms with Gasteiger partial charge in [-0.25, -0.2) is 9.50 Å². The maximum atomic E-state index is 11.6. The molecule has 0 aliphatic heterocycles. The first kappa shape index (κ1) is 13.1. The lowest BCUT2D eigenvalue weighted by Gasteiger charge is -1.99. The van der Waals surface area contributed by atoms with Crippen molar-refractivity contribution in [2.45, 2.75) is 0 Å². The Balaban J connectivity index is 2.01. The van der Waals surface area contributed by atoms with Gasteiger partial charge in [0, 0.05) is 36.6 Å². The van der Waals surface area contributed by atoms with Gasteiger partial charge in [0.05, 0.1) is 18.3 Å². The van der Waals surface area contributed by atoms with Gasteiger partial charge >= 0.3 is 0 Å². The van der Waals surface area contributed by atoms with E-state index in [2.05, 4.69) is 15.4 Å². The van der Waals surface area contributed by atoms with Gasteiger partial charge in [0.15, 0.2) is 0 Å². The van der Waals surface area contributed by atoms with Crippen LogP contribution >= 0.6 is 0 Å². The molecule has 0 aromatic carbocycles. The number of pyridine rings is 2. The van der Waals surface area contributed by atoms with Gasteiger partial charge in [-0.15, -0.1) is 0 Å². The molecule has 6 nitrogen and oxygen atoms in total. The lowest BCUT2D eigenvalue weighted by molar-refractivity contribution is 0.0963. The number of ether oxygens (including phenoxy) is 1. The normalized spacial score (nSPS) is 10.6. The van der Waals surface area contributed by atoms with Crippen LogP contribution in [0.4, 0.5) is 0 Å². The number of methoxy groups -OCH3 is 1. The summed E-state index contributed by atoms with van der Waals surface area (Å²) in [5.74, 6) is 0.441. The molecule has 0 aliphatic carbocycles. The second kappa shape index (κ2) is 5.24. The van der Waals surface area contributed by atoms with Crippen molar-refractivity contribution in [3.63, 3.8) is 0 Å². The zero-order valence-electron chi connectivity index (χ0n) is 11.7. The number of nitrogens with one attached hydrogen (secondary N) is 1. The summed E-state index contributed by atoms with van der Waals surface area (Å²) in [5, 5.41) is 7.07. The van der Waals surface area contributed by atoms with Crippen LogP contribution in [0, 0.1) is 0 Å². The summed E-state index contributed by atoms with van der Waals surface area (Å²) in [6.07, 6.45) is 3.47. The molecule has 3 aromatic rings. The van der Waals surface area contributed by atoms with Crippen LogP contribution < -0.4 is 10.1 Å². The van der Waals surface area contributed by atoms with Crippen LogP contribution in [-0.2, 0) is 0 Å². The second-order valence-electron chi connectivity index (χ2n) is 4.48. The molecule has 0 fully saturated rings. The Morgan fingerprint density at radius 2 is 2.14 bits per heavy atom. The first-order valence-corrected chi connectivity index (χ1v) is 6.43. The number of amides is 1. The monoisotopic (exact) mass is 282 g/mol. The molecule has 6 heteroatoms. The van der Waals surface area contributed by atoms with E-state index in [0.717, 1.165) is 16.8 Å². The predicted octanol–water partition coefficient (Wildman–Crippen LogP) is 1.76. The average Bonchev–Trinajstić information content (AvgIpc) is 2.97. The number of hydrogen-bond donors (Lipinski definition) is 1. The second-order valence-corrected chi connectivity index (χ2v) is 4.48. The highest BCUT2D eigenvalue weighted by molar-refractivity contribution is 5.95. The minimum atomic E-state index is -0.119. The molecule has 0 saturated heterocycles. The Morgan fingerprint density at radius 1 is 1.29 bits per heavy atom. The van der Waals surface area contributed by atoms with Crippen molar-refractivity contribution >= 4 is 11.4 Å². The Hall–Kier alpha value is -2.89. The van der Waals surface area contributed by atoms with Crippen LogP contribution in [0.2, 0.25) is 0 Å². The van der Waals surface area contributed by atoms with Gasteiger partial charge in [-0.2, -0.15) is 5.10 Å². The molecule has 106 valence electrons. The number of nitrogens with zero attached hydrogens (tertiary/aromatic N) is 3. The van der Waals surface area contributed by atoms with E-state index in [9.17, 15) is 4.79 Å². The summed E-state index contributed by atoms with van der Waals surface area (Å²) in [7, 11) is 3.19. The fourth-order valence-electron chi connectivity index (χ4n) is 2.07. The number of aromatic nitrogens is 3. The Kier molecular flexibility index (Phi) is 3.27. The average molecular weight is 282 g/mol. The molecule has 1 amide bonds. The van der Waals surface area contributed by atoms with Crippen LogP contribution in [0.5, 0.6) is 5.88 Å². The van der Waals surface area contributed by atoms with Crippen molar-refractivity contribution in [1.82, 2.24) is 19.9 Å². The molecule has 21 heavy (non-hydrogen) atoms. The van der Waals surface area contributed by atoms with Crippen LogP contribution in [-0.4, -0.2) is 34.7 Å². The first-order valence-electron chi connectivity index (χ1n) is 6.43. The first-order chi connectivity index (χ1) is 10.2. The number of fused-ring (bicyclic) bond motifs is 1. The topological polar surface area (TPSA) is 68.5 Å². The van der Waals surface area contributed by atoms with Crippen molar-refractivity contribution in [3.8, 4) is 17.1 Å². The molecule has 3 heterocycles. The lowest BCUT2D eigenvalue weighted by Crippen LogP contribution is -2.17. The van der Waals surface area contributed by atoms with E-state index in [4.69, 9.17) is 4.74 Å². The third-order valence-electron chi connectivity index (χ3n) is 3.19. The van der Waals surface area contributed by atoms with E-state index in [1.807, 2.05) is 12.1 Å². The molecule has 3 aromatic heterocycles. The largest absolute Gasteiger partial charge is 0.481 e. The van der Waals surface area contributed by atoms with E-state index in [1.54, 1.807) is 49.3 Å². The highest BCUT2D eigenvalue weighted by Crippen LogP contribution is 2.21. The molecule has 0 unspecified atom stereocenters. The summed E-state index contributed by atoms with van der Waals surface area (Å²) < 4.78 is 6.77. The summed E-state index contributed by atoms with van der Waals surface area (Å²) in [6.45, 7) is 0. The summed E-state index contributed by atoms with van der Waals surface area (Å²) in [5.41, 5.74) is 3.13. The van der Waals surface area contributed by atoms with Crippen LogP contribution in [0.3, 0.4) is 0 Å². The maximum Gasteiger partial charge on any atom is 0.251 e. The molecular weight excluding hydrogens is 268 g/mol. The highest BCUT2D eigenvalue weighted by atomic mass is 16.5. The van der Waals surface area contributed by atoms with Gasteiger partial charge < -0.3 is 10.1 Å². The molecule has 0 atom stereocenters. The Bertz CT molecular complexity index is 793. The fraction of sp³-hybridized carbons (Fsp3) is 0.133. The number of carbonyl (C=O) groups is 1. The summed E-state index contributed by atoms with van der Waals surface area (Å²) in [4.78, 5) is 15.8. The van der Waals surface area contributed by atoms with E-state index >= 15 is 0 Å². The van der Waals surface area contributed by atoms with E-state index in [1.165, 1.54) is 0 Å². The Labute approximate surface area is 121 Å². The smallest absolute Gasteiger partial charge is 0.251 e. The van der Waals surface area contributed by atoms with Gasteiger partial charge in [0.2, 0.25) is 5.88 Å².